The third-order valence-electron chi connectivity index (χ3n) is 4.89. The number of imide groups is 1. The second-order valence-corrected chi connectivity index (χ2v) is 9.12. The molecule has 2 N–H and O–H groups in total. The molecule has 0 fully saturated rings. The minimum absolute atomic E-state index is 0.0497. The Morgan fingerprint density at radius 2 is 1.55 bits per heavy atom. The number of rotatable bonds is 9. The van der Waals surface area contributed by atoms with Crippen molar-refractivity contribution >= 4 is 21.8 Å². The zero-order valence-corrected chi connectivity index (χ0v) is 18.7. The summed E-state index contributed by atoms with van der Waals surface area (Å²) in [5.41, 5.74) is 0.936. The summed E-state index contributed by atoms with van der Waals surface area (Å²) in [6.45, 7) is 8.46. The lowest BCUT2D eigenvalue weighted by atomic mass is 9.97. The monoisotopic (exact) mass is 446 g/mol. The third kappa shape index (κ3) is 4.72. The van der Waals surface area contributed by atoms with Gasteiger partial charge in [0, 0.05) is 6.04 Å². The van der Waals surface area contributed by atoms with Crippen molar-refractivity contribution in [3.63, 3.8) is 0 Å². The normalized spacial score (nSPS) is 14.4. The van der Waals surface area contributed by atoms with E-state index in [1.54, 1.807) is 18.2 Å². The lowest BCUT2D eigenvalue weighted by molar-refractivity contribution is 0.0879. The van der Waals surface area contributed by atoms with Crippen molar-refractivity contribution in [2.75, 3.05) is 13.2 Å². The SMILES string of the molecule is CCOc1ccc(C(NS(=O)(=O)c2ccc3c(c2)C(=O)NC3=O)C(C)C)cc1OCC. The van der Waals surface area contributed by atoms with Crippen molar-refractivity contribution in [2.24, 2.45) is 5.92 Å². The molecule has 1 heterocycles. The number of amides is 2. The van der Waals surface area contributed by atoms with Crippen LogP contribution < -0.4 is 19.5 Å². The van der Waals surface area contributed by atoms with Crippen LogP contribution in [0.1, 0.15) is 60.0 Å². The van der Waals surface area contributed by atoms with Crippen LogP contribution in [0.4, 0.5) is 0 Å². The Hall–Kier alpha value is -2.91. The first-order valence-electron chi connectivity index (χ1n) is 10.1. The van der Waals surface area contributed by atoms with Gasteiger partial charge in [0.1, 0.15) is 0 Å². The highest BCUT2D eigenvalue weighted by molar-refractivity contribution is 7.89. The van der Waals surface area contributed by atoms with Crippen molar-refractivity contribution in [3.05, 3.63) is 53.1 Å². The molecule has 9 heteroatoms. The quantitative estimate of drug-likeness (QED) is 0.573. The summed E-state index contributed by atoms with van der Waals surface area (Å²) in [7, 11) is -3.97. The number of carbonyl (C=O) groups is 2. The summed E-state index contributed by atoms with van der Waals surface area (Å²) < 4.78 is 40.2. The van der Waals surface area contributed by atoms with Crippen LogP contribution in [-0.2, 0) is 10.0 Å². The number of hydrogen-bond acceptors (Lipinski definition) is 6. The molecule has 3 rings (SSSR count). The molecule has 0 saturated heterocycles. The van der Waals surface area contributed by atoms with Gasteiger partial charge in [0.05, 0.1) is 29.2 Å². The molecule has 1 aliphatic heterocycles. The minimum atomic E-state index is -3.97. The zero-order valence-electron chi connectivity index (χ0n) is 17.9. The molecule has 31 heavy (non-hydrogen) atoms. The van der Waals surface area contributed by atoms with Gasteiger partial charge < -0.3 is 9.47 Å². The first-order chi connectivity index (χ1) is 14.7. The fraction of sp³-hybridized carbons (Fsp3) is 0.364. The highest BCUT2D eigenvalue weighted by atomic mass is 32.2. The van der Waals surface area contributed by atoms with Crippen molar-refractivity contribution in [3.8, 4) is 11.5 Å². The van der Waals surface area contributed by atoms with E-state index in [2.05, 4.69) is 10.0 Å². The van der Waals surface area contributed by atoms with E-state index in [1.165, 1.54) is 18.2 Å². The number of sulfonamides is 1. The van der Waals surface area contributed by atoms with Crippen LogP contribution in [0.3, 0.4) is 0 Å². The van der Waals surface area contributed by atoms with Crippen LogP contribution in [0, 0.1) is 5.92 Å². The van der Waals surface area contributed by atoms with Gasteiger partial charge in [-0.05, 0) is 55.7 Å². The summed E-state index contributed by atoms with van der Waals surface area (Å²) >= 11 is 0. The van der Waals surface area contributed by atoms with Crippen LogP contribution in [0.25, 0.3) is 0 Å². The van der Waals surface area contributed by atoms with Gasteiger partial charge in [-0.25, -0.2) is 13.1 Å². The molecule has 0 saturated carbocycles. The van der Waals surface area contributed by atoms with Crippen LogP contribution in [-0.4, -0.2) is 33.4 Å². The lowest BCUT2D eigenvalue weighted by Crippen LogP contribution is -2.32. The van der Waals surface area contributed by atoms with E-state index in [9.17, 15) is 18.0 Å². The number of ether oxygens (including phenoxy) is 2. The fourth-order valence-corrected chi connectivity index (χ4v) is 4.80. The van der Waals surface area contributed by atoms with Gasteiger partial charge in [-0.15, -0.1) is 0 Å². The molecule has 2 aromatic carbocycles. The number of fused-ring (bicyclic) bond motifs is 1. The molecule has 1 aliphatic rings. The molecular weight excluding hydrogens is 420 g/mol. The Labute approximate surface area is 182 Å². The first-order valence-corrected chi connectivity index (χ1v) is 11.6. The Morgan fingerprint density at radius 3 is 2.19 bits per heavy atom. The zero-order chi connectivity index (χ0) is 22.8. The van der Waals surface area contributed by atoms with E-state index in [-0.39, 0.29) is 21.9 Å². The van der Waals surface area contributed by atoms with Crippen LogP contribution >= 0.6 is 0 Å². The highest BCUT2D eigenvalue weighted by Gasteiger charge is 2.30. The number of benzene rings is 2. The Bertz CT molecular complexity index is 1110. The summed E-state index contributed by atoms with van der Waals surface area (Å²) in [5.74, 6) is -0.0891. The molecule has 0 aromatic heterocycles. The van der Waals surface area contributed by atoms with Crippen molar-refractivity contribution in [1.29, 1.82) is 0 Å². The molecule has 0 aliphatic carbocycles. The average molecular weight is 447 g/mol. The molecular formula is C22H26N2O6S. The average Bonchev–Trinajstić information content (AvgIpc) is 3.01. The molecule has 8 nitrogen and oxygen atoms in total. The fourth-order valence-electron chi connectivity index (χ4n) is 3.40. The minimum Gasteiger partial charge on any atom is -0.490 e. The standard InChI is InChI=1S/C22H26N2O6S/c1-5-29-18-10-7-14(11-19(18)30-6-2)20(13(3)4)24-31(27,28)15-8-9-16-17(12-15)22(26)23-21(16)25/h7-13,20,24H,5-6H2,1-4H3,(H,23,25,26). The highest BCUT2D eigenvalue weighted by Crippen LogP contribution is 2.34. The topological polar surface area (TPSA) is 111 Å². The van der Waals surface area contributed by atoms with Crippen LogP contribution in [0.2, 0.25) is 0 Å². The Morgan fingerprint density at radius 1 is 0.903 bits per heavy atom. The van der Waals surface area contributed by atoms with Gasteiger partial charge in [0.2, 0.25) is 10.0 Å². The molecule has 1 atom stereocenters. The van der Waals surface area contributed by atoms with Crippen LogP contribution in [0.5, 0.6) is 11.5 Å². The maximum absolute atomic E-state index is 13.1. The van der Waals surface area contributed by atoms with E-state index < -0.39 is 27.9 Å². The van der Waals surface area contributed by atoms with E-state index in [0.717, 1.165) is 5.56 Å². The van der Waals surface area contributed by atoms with E-state index in [1.807, 2.05) is 27.7 Å². The van der Waals surface area contributed by atoms with Gasteiger partial charge in [0.25, 0.3) is 11.8 Å². The van der Waals surface area contributed by atoms with E-state index in [4.69, 9.17) is 9.47 Å². The second-order valence-electron chi connectivity index (χ2n) is 7.41. The summed E-state index contributed by atoms with van der Waals surface area (Å²) in [5, 5.41) is 2.16. The summed E-state index contributed by atoms with van der Waals surface area (Å²) in [6.07, 6.45) is 0. The van der Waals surface area contributed by atoms with Gasteiger partial charge in [-0.2, -0.15) is 0 Å². The predicted molar refractivity (Wildman–Crippen MR) is 115 cm³/mol. The Kier molecular flexibility index (Phi) is 6.66. The maximum Gasteiger partial charge on any atom is 0.258 e. The smallest absolute Gasteiger partial charge is 0.258 e. The Balaban J connectivity index is 1.95. The molecule has 0 bridgehead atoms. The molecule has 166 valence electrons. The first kappa shape index (κ1) is 22.8. The summed E-state index contributed by atoms with van der Waals surface area (Å²) in [4.78, 5) is 23.6. The van der Waals surface area contributed by atoms with Gasteiger partial charge in [-0.1, -0.05) is 19.9 Å². The summed E-state index contributed by atoms with van der Waals surface area (Å²) in [6, 6.07) is 8.67. The molecule has 0 radical (unpaired) electrons. The van der Waals surface area contributed by atoms with Gasteiger partial charge in [-0.3, -0.25) is 14.9 Å². The van der Waals surface area contributed by atoms with Gasteiger partial charge >= 0.3 is 0 Å². The van der Waals surface area contributed by atoms with Crippen molar-refractivity contribution < 1.29 is 27.5 Å². The number of hydrogen-bond donors (Lipinski definition) is 2. The largest absolute Gasteiger partial charge is 0.490 e. The maximum atomic E-state index is 13.1. The molecule has 2 aromatic rings. The number of carbonyl (C=O) groups excluding carboxylic acids is 2. The van der Waals surface area contributed by atoms with Crippen molar-refractivity contribution in [1.82, 2.24) is 10.0 Å². The van der Waals surface area contributed by atoms with Crippen LogP contribution in [0.15, 0.2) is 41.3 Å². The number of nitrogens with one attached hydrogen (secondary N) is 2. The lowest BCUT2D eigenvalue weighted by Gasteiger charge is -2.24. The third-order valence-corrected chi connectivity index (χ3v) is 6.33. The van der Waals surface area contributed by atoms with E-state index in [0.29, 0.717) is 24.7 Å². The van der Waals surface area contributed by atoms with Gasteiger partial charge in [0.15, 0.2) is 11.5 Å². The molecule has 1 unspecified atom stereocenters. The molecule has 2 amide bonds. The van der Waals surface area contributed by atoms with E-state index >= 15 is 0 Å². The predicted octanol–water partition coefficient (Wildman–Crippen LogP) is 3.04. The second kappa shape index (κ2) is 9.07. The van der Waals surface area contributed by atoms with Crippen molar-refractivity contribution in [2.45, 2.75) is 38.6 Å². The molecule has 0 spiro atoms.